The lowest BCUT2D eigenvalue weighted by Gasteiger charge is -2.13. The van der Waals surface area contributed by atoms with Crippen LogP contribution in [0.2, 0.25) is 0 Å². The van der Waals surface area contributed by atoms with Gasteiger partial charge in [0, 0.05) is 0 Å². The summed E-state index contributed by atoms with van der Waals surface area (Å²) in [6.45, 7) is 7.41. The fraction of sp³-hybridized carbons (Fsp3) is 0.900. The molecular weight excluding hydrogens is 164 g/mol. The first-order valence-corrected chi connectivity index (χ1v) is 5.00. The summed E-state index contributed by atoms with van der Waals surface area (Å²) in [7, 11) is 0. The highest BCUT2D eigenvalue weighted by atomic mass is 16.1. The maximum absolute atomic E-state index is 10.9. The van der Waals surface area contributed by atoms with E-state index in [0.29, 0.717) is 5.41 Å². The second-order valence-corrected chi connectivity index (χ2v) is 4.66. The third-order valence-electron chi connectivity index (χ3n) is 3.08. The SMILES string of the molecule is CCC(NCC1CC1(C)C)C(N)=O. The average molecular weight is 184 g/mol. The van der Waals surface area contributed by atoms with Crippen molar-refractivity contribution < 1.29 is 4.79 Å². The molecule has 2 atom stereocenters. The van der Waals surface area contributed by atoms with Crippen molar-refractivity contribution >= 4 is 5.91 Å². The van der Waals surface area contributed by atoms with Crippen LogP contribution in [0.15, 0.2) is 0 Å². The molecule has 76 valence electrons. The molecule has 1 saturated carbocycles. The highest BCUT2D eigenvalue weighted by Gasteiger charge is 2.45. The topological polar surface area (TPSA) is 55.1 Å². The largest absolute Gasteiger partial charge is 0.368 e. The summed E-state index contributed by atoms with van der Waals surface area (Å²) in [4.78, 5) is 10.9. The molecule has 3 nitrogen and oxygen atoms in total. The molecule has 0 radical (unpaired) electrons. The molecule has 1 aliphatic carbocycles. The van der Waals surface area contributed by atoms with Crippen molar-refractivity contribution in [3.63, 3.8) is 0 Å². The standard InChI is InChI=1S/C10H20N2O/c1-4-8(9(11)13)12-6-7-5-10(7,2)3/h7-8,12H,4-6H2,1-3H3,(H2,11,13). The van der Waals surface area contributed by atoms with Crippen LogP contribution in [0.1, 0.15) is 33.6 Å². The van der Waals surface area contributed by atoms with Crippen molar-refractivity contribution in [2.75, 3.05) is 6.54 Å². The third kappa shape index (κ3) is 2.69. The molecule has 0 aromatic rings. The first-order valence-electron chi connectivity index (χ1n) is 5.00. The number of nitrogens with two attached hydrogens (primary N) is 1. The molecule has 0 aromatic heterocycles. The van der Waals surface area contributed by atoms with Crippen LogP contribution in [0.5, 0.6) is 0 Å². The Hall–Kier alpha value is -0.570. The molecule has 0 aliphatic heterocycles. The predicted octanol–water partition coefficient (Wildman–Crippen LogP) is 0.886. The Bertz CT molecular complexity index is 201. The monoisotopic (exact) mass is 184 g/mol. The second-order valence-electron chi connectivity index (χ2n) is 4.66. The highest BCUT2D eigenvalue weighted by molar-refractivity contribution is 5.79. The Morgan fingerprint density at radius 3 is 2.54 bits per heavy atom. The maximum atomic E-state index is 10.9. The van der Waals surface area contributed by atoms with Crippen LogP contribution in [0.3, 0.4) is 0 Å². The Kier molecular flexibility index (Phi) is 2.96. The van der Waals surface area contributed by atoms with Gasteiger partial charge in [-0.2, -0.15) is 0 Å². The molecule has 0 bridgehead atoms. The molecule has 0 saturated heterocycles. The average Bonchev–Trinajstić information content (AvgIpc) is 2.59. The minimum atomic E-state index is -0.235. The van der Waals surface area contributed by atoms with Crippen molar-refractivity contribution in [3.05, 3.63) is 0 Å². The first-order chi connectivity index (χ1) is 5.97. The Balaban J connectivity index is 2.22. The van der Waals surface area contributed by atoms with Crippen molar-refractivity contribution in [1.82, 2.24) is 5.32 Å². The molecule has 1 amide bonds. The normalized spacial score (nSPS) is 26.8. The van der Waals surface area contributed by atoms with Crippen molar-refractivity contribution in [1.29, 1.82) is 0 Å². The summed E-state index contributed by atoms with van der Waals surface area (Å²) in [6, 6.07) is -0.142. The second kappa shape index (κ2) is 3.66. The van der Waals surface area contributed by atoms with Crippen LogP contribution in [0, 0.1) is 11.3 Å². The van der Waals surface area contributed by atoms with Crippen molar-refractivity contribution in [2.24, 2.45) is 17.1 Å². The summed E-state index contributed by atoms with van der Waals surface area (Å²) < 4.78 is 0. The Morgan fingerprint density at radius 2 is 2.23 bits per heavy atom. The minimum Gasteiger partial charge on any atom is -0.368 e. The van der Waals surface area contributed by atoms with Crippen molar-refractivity contribution in [2.45, 2.75) is 39.7 Å². The van der Waals surface area contributed by atoms with Gasteiger partial charge in [0.25, 0.3) is 0 Å². The van der Waals surface area contributed by atoms with Gasteiger partial charge in [-0.25, -0.2) is 0 Å². The summed E-state index contributed by atoms with van der Waals surface area (Å²) in [5.74, 6) is 0.488. The number of amides is 1. The third-order valence-corrected chi connectivity index (χ3v) is 3.08. The van der Waals surface area contributed by atoms with Crippen LogP contribution in [0.4, 0.5) is 0 Å². The lowest BCUT2D eigenvalue weighted by atomic mass is 10.1. The fourth-order valence-electron chi connectivity index (χ4n) is 1.66. The molecule has 13 heavy (non-hydrogen) atoms. The molecule has 0 spiro atoms. The van der Waals surface area contributed by atoms with Crippen molar-refractivity contribution in [3.8, 4) is 0 Å². The molecule has 3 N–H and O–H groups in total. The van der Waals surface area contributed by atoms with E-state index in [2.05, 4.69) is 19.2 Å². The Labute approximate surface area is 80.1 Å². The van der Waals surface area contributed by atoms with E-state index in [-0.39, 0.29) is 11.9 Å². The van der Waals surface area contributed by atoms with Crippen LogP contribution < -0.4 is 11.1 Å². The fourth-order valence-corrected chi connectivity index (χ4v) is 1.66. The van der Waals surface area contributed by atoms with Gasteiger partial charge >= 0.3 is 0 Å². The number of carbonyl (C=O) groups is 1. The van der Waals surface area contributed by atoms with Gasteiger partial charge < -0.3 is 11.1 Å². The van der Waals surface area contributed by atoms with Gasteiger partial charge in [-0.15, -0.1) is 0 Å². The van der Waals surface area contributed by atoms with Gasteiger partial charge in [0.05, 0.1) is 6.04 Å². The molecule has 0 aromatic carbocycles. The van der Waals surface area contributed by atoms with Gasteiger partial charge in [0.2, 0.25) is 5.91 Å². The van der Waals surface area contributed by atoms with E-state index in [1.165, 1.54) is 6.42 Å². The lowest BCUT2D eigenvalue weighted by Crippen LogP contribution is -2.41. The zero-order valence-electron chi connectivity index (χ0n) is 8.76. The molecule has 3 heteroatoms. The number of carbonyl (C=O) groups excluding carboxylic acids is 1. The maximum Gasteiger partial charge on any atom is 0.234 e. The molecule has 2 unspecified atom stereocenters. The van der Waals surface area contributed by atoms with Gasteiger partial charge in [-0.05, 0) is 30.7 Å². The predicted molar refractivity (Wildman–Crippen MR) is 53.2 cm³/mol. The van der Waals surface area contributed by atoms with Crippen LogP contribution in [-0.2, 0) is 4.79 Å². The molecule has 1 fully saturated rings. The molecule has 1 aliphatic rings. The van der Waals surface area contributed by atoms with Crippen LogP contribution in [-0.4, -0.2) is 18.5 Å². The number of nitrogens with one attached hydrogen (secondary N) is 1. The quantitative estimate of drug-likeness (QED) is 0.666. The van der Waals surface area contributed by atoms with E-state index >= 15 is 0 Å². The van der Waals surface area contributed by atoms with E-state index in [0.717, 1.165) is 18.9 Å². The highest BCUT2D eigenvalue weighted by Crippen LogP contribution is 2.50. The number of hydrogen-bond acceptors (Lipinski definition) is 2. The number of primary amides is 1. The van der Waals surface area contributed by atoms with E-state index in [1.54, 1.807) is 0 Å². The summed E-state index contributed by atoms with van der Waals surface area (Å²) >= 11 is 0. The van der Waals surface area contributed by atoms with E-state index in [9.17, 15) is 4.79 Å². The number of rotatable bonds is 5. The van der Waals surface area contributed by atoms with Gasteiger partial charge in [-0.1, -0.05) is 20.8 Å². The van der Waals surface area contributed by atoms with Crippen LogP contribution in [0.25, 0.3) is 0 Å². The van der Waals surface area contributed by atoms with Gasteiger partial charge in [0.1, 0.15) is 0 Å². The van der Waals surface area contributed by atoms with E-state index in [4.69, 9.17) is 5.73 Å². The lowest BCUT2D eigenvalue weighted by molar-refractivity contribution is -0.120. The number of hydrogen-bond donors (Lipinski definition) is 2. The van der Waals surface area contributed by atoms with E-state index < -0.39 is 0 Å². The first kappa shape index (κ1) is 10.5. The summed E-state index contributed by atoms with van der Waals surface area (Å²) in [5.41, 5.74) is 5.70. The van der Waals surface area contributed by atoms with E-state index in [1.807, 2.05) is 6.92 Å². The van der Waals surface area contributed by atoms with Gasteiger partial charge in [-0.3, -0.25) is 4.79 Å². The molecular formula is C10H20N2O. The smallest absolute Gasteiger partial charge is 0.234 e. The Morgan fingerprint density at radius 1 is 1.69 bits per heavy atom. The zero-order valence-corrected chi connectivity index (χ0v) is 8.76. The summed E-state index contributed by atoms with van der Waals surface area (Å²) in [6.07, 6.45) is 2.04. The zero-order chi connectivity index (χ0) is 10.1. The molecule has 0 heterocycles. The van der Waals surface area contributed by atoms with Crippen LogP contribution >= 0.6 is 0 Å². The van der Waals surface area contributed by atoms with Gasteiger partial charge in [0.15, 0.2) is 0 Å². The minimum absolute atomic E-state index is 0.142. The molecule has 1 rings (SSSR count). The summed E-state index contributed by atoms with van der Waals surface area (Å²) in [5, 5.41) is 3.21.